The molecule has 0 bridgehead atoms. The number of benzene rings is 2. The number of hydrogen-bond donors (Lipinski definition) is 2. The number of ether oxygens (including phenoxy) is 1. The number of piperazine rings is 1. The zero-order chi connectivity index (χ0) is 29.3. The third kappa shape index (κ3) is 5.78. The lowest BCUT2D eigenvalue weighted by Gasteiger charge is -2.46. The highest BCUT2D eigenvalue weighted by atomic mass is 19.1. The summed E-state index contributed by atoms with van der Waals surface area (Å²) >= 11 is 0. The van der Waals surface area contributed by atoms with Crippen molar-refractivity contribution in [2.45, 2.75) is 57.8 Å². The van der Waals surface area contributed by atoms with E-state index in [1.165, 1.54) is 30.9 Å². The van der Waals surface area contributed by atoms with Crippen LogP contribution in [0.1, 0.15) is 38.8 Å². The number of carbonyl (C=O) groups is 4. The number of rotatable bonds is 9. The third-order valence-electron chi connectivity index (χ3n) is 7.64. The van der Waals surface area contributed by atoms with Gasteiger partial charge >= 0.3 is 0 Å². The zero-order valence-electron chi connectivity index (χ0n) is 23.4. The Hall–Kier alpha value is -3.63. The van der Waals surface area contributed by atoms with E-state index < -0.39 is 40.2 Å². The lowest BCUT2D eigenvalue weighted by molar-refractivity contribution is -0.149. The van der Waals surface area contributed by atoms with Crippen LogP contribution in [-0.4, -0.2) is 76.7 Å². The molecule has 0 saturated carbocycles. The highest BCUT2D eigenvalue weighted by molar-refractivity contribution is 6.16. The van der Waals surface area contributed by atoms with Gasteiger partial charge in [-0.2, -0.15) is 0 Å². The van der Waals surface area contributed by atoms with Crippen LogP contribution in [0.2, 0.25) is 0 Å². The highest BCUT2D eigenvalue weighted by Crippen LogP contribution is 2.43. The molecule has 2 saturated heterocycles. The maximum atomic E-state index is 13.9. The summed E-state index contributed by atoms with van der Waals surface area (Å²) < 4.78 is 19.4. The number of nitrogens with two attached hydrogens (primary N) is 1. The van der Waals surface area contributed by atoms with Crippen LogP contribution in [0.15, 0.2) is 54.6 Å². The number of halogens is 1. The summed E-state index contributed by atoms with van der Waals surface area (Å²) in [6.07, 6.45) is 0.127. The third-order valence-corrected chi connectivity index (χ3v) is 7.64. The fourth-order valence-corrected chi connectivity index (χ4v) is 5.39. The van der Waals surface area contributed by atoms with Gasteiger partial charge in [-0.15, -0.1) is 0 Å². The summed E-state index contributed by atoms with van der Waals surface area (Å²) in [5, 5.41) is 2.72. The number of nitrogens with zero attached hydrogens (tertiary/aromatic N) is 2. The fourth-order valence-electron chi connectivity index (χ4n) is 5.39. The molecule has 2 aromatic rings. The van der Waals surface area contributed by atoms with Crippen molar-refractivity contribution in [2.24, 2.45) is 11.1 Å². The van der Waals surface area contributed by atoms with Crippen molar-refractivity contribution in [2.75, 3.05) is 26.2 Å². The van der Waals surface area contributed by atoms with Gasteiger partial charge in [-0.25, -0.2) is 4.39 Å². The molecule has 2 atom stereocenters. The van der Waals surface area contributed by atoms with Crippen molar-refractivity contribution in [1.29, 1.82) is 0 Å². The van der Waals surface area contributed by atoms with Gasteiger partial charge in [0, 0.05) is 19.5 Å². The van der Waals surface area contributed by atoms with Crippen LogP contribution in [0.25, 0.3) is 0 Å². The molecule has 9 nitrogen and oxygen atoms in total. The number of nitrogens with one attached hydrogen (secondary N) is 1. The Balaban J connectivity index is 1.60. The van der Waals surface area contributed by atoms with E-state index >= 15 is 0 Å². The smallest absolute Gasteiger partial charge is 0.247 e. The minimum Gasteiger partial charge on any atom is -0.374 e. The van der Waals surface area contributed by atoms with Crippen LogP contribution >= 0.6 is 0 Å². The molecule has 0 aliphatic carbocycles. The normalized spacial score (nSPS) is 21.2. The molecule has 10 heteroatoms. The molecule has 214 valence electrons. The molecule has 2 fully saturated rings. The van der Waals surface area contributed by atoms with E-state index in [2.05, 4.69) is 5.32 Å². The van der Waals surface area contributed by atoms with Gasteiger partial charge in [-0.3, -0.25) is 19.2 Å². The molecule has 2 heterocycles. The van der Waals surface area contributed by atoms with Crippen molar-refractivity contribution in [3.8, 4) is 0 Å². The molecular formula is C30H37FN4O5. The SMILES string of the molecule is CC(C)(N)C(=O)NC(COCc1ccccc1)C(=O)N1CCN2C(=O)C(C)(C)C(=O)[C@]2(Cc2ccc(F)cc2)C1. The summed E-state index contributed by atoms with van der Waals surface area (Å²) in [4.78, 5) is 56.9. The van der Waals surface area contributed by atoms with E-state index in [1.807, 2.05) is 30.3 Å². The average molecular weight is 553 g/mol. The predicted octanol–water partition coefficient (Wildman–Crippen LogP) is 1.83. The van der Waals surface area contributed by atoms with Gasteiger partial charge in [-0.05, 0) is 51.0 Å². The number of hydrogen-bond acceptors (Lipinski definition) is 6. The maximum absolute atomic E-state index is 13.9. The molecule has 3 N–H and O–H groups in total. The fraction of sp³-hybridized carbons (Fsp3) is 0.467. The van der Waals surface area contributed by atoms with Crippen molar-refractivity contribution in [3.05, 3.63) is 71.5 Å². The summed E-state index contributed by atoms with van der Waals surface area (Å²) in [7, 11) is 0. The number of fused-ring (bicyclic) bond motifs is 1. The van der Waals surface area contributed by atoms with E-state index in [0.717, 1.165) is 5.56 Å². The first-order valence-corrected chi connectivity index (χ1v) is 13.4. The Morgan fingerprint density at radius 1 is 1.05 bits per heavy atom. The first-order chi connectivity index (χ1) is 18.8. The van der Waals surface area contributed by atoms with Crippen LogP contribution in [0.5, 0.6) is 0 Å². The lowest BCUT2D eigenvalue weighted by Crippen LogP contribution is -2.67. The van der Waals surface area contributed by atoms with E-state index in [9.17, 15) is 23.6 Å². The summed E-state index contributed by atoms with van der Waals surface area (Å²) in [5.41, 5.74) is 3.73. The molecule has 40 heavy (non-hydrogen) atoms. The van der Waals surface area contributed by atoms with E-state index in [-0.39, 0.29) is 51.0 Å². The van der Waals surface area contributed by atoms with Crippen LogP contribution in [0.4, 0.5) is 4.39 Å². The monoisotopic (exact) mass is 552 g/mol. The van der Waals surface area contributed by atoms with Crippen molar-refractivity contribution >= 4 is 23.5 Å². The highest BCUT2D eigenvalue weighted by Gasteiger charge is 2.64. The zero-order valence-corrected chi connectivity index (χ0v) is 23.4. The average Bonchev–Trinajstić information content (AvgIpc) is 3.06. The molecule has 2 aromatic carbocycles. The van der Waals surface area contributed by atoms with Crippen molar-refractivity contribution in [3.63, 3.8) is 0 Å². The Bertz CT molecular complexity index is 1280. The van der Waals surface area contributed by atoms with Gasteiger partial charge in [-0.1, -0.05) is 42.5 Å². The standard InChI is InChI=1S/C30H37FN4O5/c1-28(2)25(37)30(16-20-10-12-22(31)13-11-20)19-34(14-15-35(30)27(28)39)24(36)23(33-26(38)29(3,4)32)18-40-17-21-8-6-5-7-9-21/h5-13,23H,14-19,32H2,1-4H3,(H,33,38)/t23?,30-/m0/s1. The maximum Gasteiger partial charge on any atom is 0.247 e. The number of ketones is 1. The molecule has 0 radical (unpaired) electrons. The van der Waals surface area contributed by atoms with Crippen molar-refractivity contribution in [1.82, 2.24) is 15.1 Å². The second kappa shape index (κ2) is 11.1. The Labute approximate surface area is 233 Å². The van der Waals surface area contributed by atoms with Crippen LogP contribution < -0.4 is 11.1 Å². The van der Waals surface area contributed by atoms with E-state index in [4.69, 9.17) is 10.5 Å². The summed E-state index contributed by atoms with van der Waals surface area (Å²) in [6.45, 7) is 6.65. The Kier molecular flexibility index (Phi) is 8.14. The van der Waals surface area contributed by atoms with Gasteiger partial charge in [0.15, 0.2) is 5.78 Å². The molecule has 4 rings (SSSR count). The largest absolute Gasteiger partial charge is 0.374 e. The number of amides is 3. The quantitative estimate of drug-likeness (QED) is 0.458. The molecule has 1 unspecified atom stereocenters. The second-order valence-electron chi connectivity index (χ2n) is 11.8. The minimum absolute atomic E-state index is 0.0612. The Morgan fingerprint density at radius 2 is 1.70 bits per heavy atom. The molecular weight excluding hydrogens is 515 g/mol. The summed E-state index contributed by atoms with van der Waals surface area (Å²) in [6, 6.07) is 14.1. The first kappa shape index (κ1) is 29.4. The molecule has 3 amide bonds. The topological polar surface area (TPSA) is 122 Å². The molecule has 2 aliphatic rings. The number of carbonyl (C=O) groups excluding carboxylic acids is 4. The lowest BCUT2D eigenvalue weighted by atomic mass is 9.77. The van der Waals surface area contributed by atoms with Gasteiger partial charge < -0.3 is 25.6 Å². The van der Waals surface area contributed by atoms with Crippen LogP contribution in [0, 0.1) is 11.2 Å². The molecule has 0 aromatic heterocycles. The first-order valence-electron chi connectivity index (χ1n) is 13.4. The molecule has 2 aliphatic heterocycles. The van der Waals surface area contributed by atoms with Gasteiger partial charge in [0.05, 0.1) is 25.3 Å². The van der Waals surface area contributed by atoms with E-state index in [1.54, 1.807) is 30.9 Å². The predicted molar refractivity (Wildman–Crippen MR) is 146 cm³/mol. The van der Waals surface area contributed by atoms with Crippen LogP contribution in [0.3, 0.4) is 0 Å². The molecule has 0 spiro atoms. The van der Waals surface area contributed by atoms with Crippen LogP contribution in [-0.2, 0) is 36.9 Å². The van der Waals surface area contributed by atoms with Gasteiger partial charge in [0.1, 0.15) is 22.8 Å². The number of Topliss-reactive ketones (excluding diaryl/α,β-unsaturated/α-hetero) is 1. The van der Waals surface area contributed by atoms with Crippen molar-refractivity contribution < 1.29 is 28.3 Å². The van der Waals surface area contributed by atoms with Gasteiger partial charge in [0.2, 0.25) is 17.7 Å². The Morgan fingerprint density at radius 3 is 2.33 bits per heavy atom. The van der Waals surface area contributed by atoms with E-state index in [0.29, 0.717) is 5.56 Å². The summed E-state index contributed by atoms with van der Waals surface area (Å²) in [5.74, 6) is -1.97. The second-order valence-corrected chi connectivity index (χ2v) is 11.8. The minimum atomic E-state index is -1.32. The van der Waals surface area contributed by atoms with Gasteiger partial charge in [0.25, 0.3) is 0 Å².